The third kappa shape index (κ3) is 3.28. The fourth-order valence-electron chi connectivity index (χ4n) is 1.62. The van der Waals surface area contributed by atoms with Crippen molar-refractivity contribution in [3.63, 3.8) is 0 Å². The average molecular weight is 153 g/mol. The van der Waals surface area contributed by atoms with Crippen molar-refractivity contribution >= 4 is 0 Å². The zero-order chi connectivity index (χ0) is 7.94. The summed E-state index contributed by atoms with van der Waals surface area (Å²) in [6.07, 6.45) is 8.68. The molecular formula is C8H15N3. The molecule has 3 heteroatoms. The molecular weight excluding hydrogens is 138 g/mol. The van der Waals surface area contributed by atoms with Crippen LogP contribution < -0.4 is 0 Å². The van der Waals surface area contributed by atoms with Gasteiger partial charge in [-0.1, -0.05) is 37.2 Å². The van der Waals surface area contributed by atoms with Crippen LogP contribution in [0.15, 0.2) is 5.11 Å². The Morgan fingerprint density at radius 1 is 1.00 bits per heavy atom. The Morgan fingerprint density at radius 3 is 2.09 bits per heavy atom. The molecule has 1 fully saturated rings. The third-order valence-corrected chi connectivity index (χ3v) is 2.29. The van der Waals surface area contributed by atoms with Crippen molar-refractivity contribution < 1.29 is 0 Å². The zero-order valence-electron chi connectivity index (χ0n) is 6.87. The van der Waals surface area contributed by atoms with Crippen molar-refractivity contribution in [2.45, 2.75) is 51.0 Å². The first-order valence-corrected chi connectivity index (χ1v) is 4.47. The highest BCUT2D eigenvalue weighted by Crippen LogP contribution is 2.19. The Morgan fingerprint density at radius 2 is 1.55 bits per heavy atom. The molecule has 0 aromatic heterocycles. The van der Waals surface area contributed by atoms with Crippen LogP contribution in [-0.2, 0) is 0 Å². The van der Waals surface area contributed by atoms with Crippen molar-refractivity contribution in [2.24, 2.45) is 5.11 Å². The van der Waals surface area contributed by atoms with Crippen LogP contribution in [0.25, 0.3) is 10.4 Å². The molecule has 0 N–H and O–H groups in total. The number of hydrogen-bond acceptors (Lipinski definition) is 1. The molecule has 0 amide bonds. The third-order valence-electron chi connectivity index (χ3n) is 2.29. The van der Waals surface area contributed by atoms with Gasteiger partial charge >= 0.3 is 0 Å². The van der Waals surface area contributed by atoms with Gasteiger partial charge < -0.3 is 0 Å². The lowest BCUT2D eigenvalue weighted by Gasteiger charge is -2.13. The van der Waals surface area contributed by atoms with E-state index in [0.717, 1.165) is 12.8 Å². The van der Waals surface area contributed by atoms with Gasteiger partial charge in [-0.15, -0.1) is 0 Å². The largest absolute Gasteiger partial charge is 0.0906 e. The summed E-state index contributed by atoms with van der Waals surface area (Å²) >= 11 is 0. The Balaban J connectivity index is 2.31. The van der Waals surface area contributed by atoms with Crippen LogP contribution in [-0.4, -0.2) is 6.04 Å². The lowest BCUT2D eigenvalue weighted by Crippen LogP contribution is -2.05. The van der Waals surface area contributed by atoms with Crippen molar-refractivity contribution in [2.75, 3.05) is 0 Å². The molecule has 3 nitrogen and oxygen atoms in total. The lowest BCUT2D eigenvalue weighted by atomic mass is 9.97. The van der Waals surface area contributed by atoms with Crippen molar-refractivity contribution in [3.05, 3.63) is 10.4 Å². The summed E-state index contributed by atoms with van der Waals surface area (Å²) in [7, 11) is 0. The van der Waals surface area contributed by atoms with E-state index in [9.17, 15) is 0 Å². The van der Waals surface area contributed by atoms with Gasteiger partial charge in [0, 0.05) is 11.0 Å². The fourth-order valence-corrected chi connectivity index (χ4v) is 1.62. The monoisotopic (exact) mass is 153 g/mol. The predicted octanol–water partition coefficient (Wildman–Crippen LogP) is 3.41. The summed E-state index contributed by atoms with van der Waals surface area (Å²) in [5.41, 5.74) is 8.24. The first kappa shape index (κ1) is 8.41. The molecule has 1 aliphatic carbocycles. The molecule has 0 saturated heterocycles. The predicted molar refractivity (Wildman–Crippen MR) is 45.3 cm³/mol. The number of hydrogen-bond donors (Lipinski definition) is 0. The summed E-state index contributed by atoms with van der Waals surface area (Å²) < 4.78 is 0. The smallest absolute Gasteiger partial charge is 0.0374 e. The topological polar surface area (TPSA) is 48.8 Å². The maximum Gasteiger partial charge on any atom is 0.0374 e. The molecule has 0 aromatic rings. The summed E-state index contributed by atoms with van der Waals surface area (Å²) in [4.78, 5) is 2.86. The van der Waals surface area contributed by atoms with Gasteiger partial charge in [-0.2, -0.15) is 0 Å². The Labute approximate surface area is 67.4 Å². The van der Waals surface area contributed by atoms with Gasteiger partial charge in [0.2, 0.25) is 0 Å². The number of nitrogens with zero attached hydrogens (tertiary/aromatic N) is 3. The fraction of sp³-hybridized carbons (Fsp3) is 1.00. The number of azide groups is 1. The zero-order valence-corrected chi connectivity index (χ0v) is 6.87. The van der Waals surface area contributed by atoms with E-state index in [-0.39, 0.29) is 0 Å². The molecule has 0 atom stereocenters. The molecule has 1 aliphatic rings. The molecule has 0 aromatic carbocycles. The quantitative estimate of drug-likeness (QED) is 0.315. The minimum Gasteiger partial charge on any atom is -0.0906 e. The second kappa shape index (κ2) is 5.03. The van der Waals surface area contributed by atoms with E-state index < -0.39 is 0 Å². The van der Waals surface area contributed by atoms with E-state index >= 15 is 0 Å². The molecule has 0 heterocycles. The highest BCUT2D eigenvalue weighted by atomic mass is 15.1. The summed E-state index contributed by atoms with van der Waals surface area (Å²) in [5.74, 6) is 0. The van der Waals surface area contributed by atoms with Gasteiger partial charge in [-0.3, -0.25) is 0 Å². The van der Waals surface area contributed by atoms with Crippen LogP contribution >= 0.6 is 0 Å². The van der Waals surface area contributed by atoms with E-state index in [1.54, 1.807) is 0 Å². The Kier molecular flexibility index (Phi) is 3.84. The van der Waals surface area contributed by atoms with Gasteiger partial charge in [-0.05, 0) is 18.4 Å². The second-order valence-corrected chi connectivity index (χ2v) is 3.20. The van der Waals surface area contributed by atoms with E-state index in [2.05, 4.69) is 10.0 Å². The second-order valence-electron chi connectivity index (χ2n) is 3.20. The standard InChI is InChI=1S/C8H15N3/c9-11-10-8-6-4-2-1-3-5-7-8/h8H,1-7H2. The van der Waals surface area contributed by atoms with Gasteiger partial charge in [0.05, 0.1) is 0 Å². The van der Waals surface area contributed by atoms with E-state index in [1.165, 1.54) is 32.1 Å². The minimum atomic E-state index is 0.292. The molecule has 0 aliphatic heterocycles. The van der Waals surface area contributed by atoms with Gasteiger partial charge in [0.15, 0.2) is 0 Å². The molecule has 62 valence electrons. The maximum absolute atomic E-state index is 8.24. The van der Waals surface area contributed by atoms with Crippen LogP contribution in [0.1, 0.15) is 44.9 Å². The average Bonchev–Trinajstić information content (AvgIpc) is 1.94. The van der Waals surface area contributed by atoms with E-state index in [0.29, 0.717) is 6.04 Å². The highest BCUT2D eigenvalue weighted by Gasteiger charge is 2.08. The molecule has 0 radical (unpaired) electrons. The van der Waals surface area contributed by atoms with Crippen LogP contribution in [0, 0.1) is 0 Å². The van der Waals surface area contributed by atoms with Crippen LogP contribution in [0.5, 0.6) is 0 Å². The summed E-state index contributed by atoms with van der Waals surface area (Å²) in [5, 5.41) is 3.77. The molecule has 0 spiro atoms. The van der Waals surface area contributed by atoms with Crippen molar-refractivity contribution in [1.82, 2.24) is 0 Å². The molecule has 11 heavy (non-hydrogen) atoms. The molecule has 0 bridgehead atoms. The number of rotatable bonds is 1. The summed E-state index contributed by atoms with van der Waals surface area (Å²) in [6.45, 7) is 0. The lowest BCUT2D eigenvalue weighted by molar-refractivity contribution is 0.452. The first-order valence-electron chi connectivity index (χ1n) is 4.47. The Hall–Kier alpha value is -0.690. The van der Waals surface area contributed by atoms with Crippen LogP contribution in [0.4, 0.5) is 0 Å². The van der Waals surface area contributed by atoms with Gasteiger partial charge in [0.1, 0.15) is 0 Å². The normalized spacial score (nSPS) is 21.5. The molecule has 1 rings (SSSR count). The summed E-state index contributed by atoms with van der Waals surface area (Å²) in [6, 6.07) is 0.292. The highest BCUT2D eigenvalue weighted by molar-refractivity contribution is 4.69. The van der Waals surface area contributed by atoms with Crippen LogP contribution in [0.2, 0.25) is 0 Å². The van der Waals surface area contributed by atoms with Crippen LogP contribution in [0.3, 0.4) is 0 Å². The van der Waals surface area contributed by atoms with Gasteiger partial charge in [-0.25, -0.2) is 0 Å². The SMILES string of the molecule is [N-]=[N+]=NC1CCCCCCC1. The minimum absolute atomic E-state index is 0.292. The molecule has 0 unspecified atom stereocenters. The van der Waals surface area contributed by atoms with E-state index in [4.69, 9.17) is 5.53 Å². The Bertz CT molecular complexity index is 141. The maximum atomic E-state index is 8.24. The van der Waals surface area contributed by atoms with E-state index in [1.807, 2.05) is 0 Å². The van der Waals surface area contributed by atoms with Crippen molar-refractivity contribution in [1.29, 1.82) is 0 Å². The van der Waals surface area contributed by atoms with Gasteiger partial charge in [0.25, 0.3) is 0 Å². The first-order chi connectivity index (χ1) is 5.43. The van der Waals surface area contributed by atoms with Crippen molar-refractivity contribution in [3.8, 4) is 0 Å². The molecule has 1 saturated carbocycles.